The summed E-state index contributed by atoms with van der Waals surface area (Å²) in [6, 6.07) is 5.64. The molecule has 8 nitrogen and oxygen atoms in total. The van der Waals surface area contributed by atoms with Gasteiger partial charge in [0, 0.05) is 25.6 Å². The first-order valence-electron chi connectivity index (χ1n) is 9.01. The molecule has 0 bridgehead atoms. The Hall–Kier alpha value is -2.13. The number of aliphatic carboxylic acids is 1. The van der Waals surface area contributed by atoms with Crippen molar-refractivity contribution in [3.8, 4) is 5.75 Å². The minimum Gasteiger partial charge on any atom is -0.494 e. The first-order chi connectivity index (χ1) is 12.8. The van der Waals surface area contributed by atoms with Crippen LogP contribution in [0.2, 0.25) is 0 Å². The van der Waals surface area contributed by atoms with E-state index in [2.05, 4.69) is 4.72 Å². The largest absolute Gasteiger partial charge is 0.494 e. The Labute approximate surface area is 159 Å². The summed E-state index contributed by atoms with van der Waals surface area (Å²) < 4.78 is 32.3. The molecule has 150 valence electrons. The van der Waals surface area contributed by atoms with Crippen LogP contribution in [0.4, 0.5) is 0 Å². The van der Waals surface area contributed by atoms with E-state index in [1.807, 2.05) is 6.92 Å². The number of hydrogen-bond acceptors (Lipinski definition) is 5. The molecule has 1 saturated heterocycles. The minimum absolute atomic E-state index is 0.0209. The molecule has 0 radical (unpaired) electrons. The summed E-state index contributed by atoms with van der Waals surface area (Å²) in [7, 11) is -3.73. The summed E-state index contributed by atoms with van der Waals surface area (Å²) in [5, 5.41) is 9.23. The second-order valence-corrected chi connectivity index (χ2v) is 8.23. The summed E-state index contributed by atoms with van der Waals surface area (Å²) in [5.41, 5.74) is 0. The molecule has 0 saturated carbocycles. The van der Waals surface area contributed by atoms with Crippen LogP contribution in [-0.2, 0) is 19.6 Å². The van der Waals surface area contributed by atoms with Gasteiger partial charge in [-0.1, -0.05) is 0 Å². The summed E-state index contributed by atoms with van der Waals surface area (Å²) in [6.07, 6.45) is 1.16. The summed E-state index contributed by atoms with van der Waals surface area (Å²) in [5.74, 6) is -1.15. The van der Waals surface area contributed by atoms with Crippen LogP contribution in [-0.4, -0.2) is 56.0 Å². The molecular weight excluding hydrogens is 372 g/mol. The van der Waals surface area contributed by atoms with Gasteiger partial charge in [0.15, 0.2) is 0 Å². The minimum atomic E-state index is -3.73. The number of carbonyl (C=O) groups is 2. The van der Waals surface area contributed by atoms with E-state index in [9.17, 15) is 23.1 Å². The molecule has 0 aliphatic carbocycles. The number of nitrogens with one attached hydrogen (secondary N) is 1. The van der Waals surface area contributed by atoms with E-state index in [1.165, 1.54) is 17.0 Å². The number of piperidine rings is 1. The molecule has 2 rings (SSSR count). The number of amides is 1. The first-order valence-corrected chi connectivity index (χ1v) is 10.5. The Balaban J connectivity index is 1.90. The molecule has 1 aromatic carbocycles. The van der Waals surface area contributed by atoms with Gasteiger partial charge in [0.1, 0.15) is 5.75 Å². The normalized spacial score (nSPS) is 20.3. The van der Waals surface area contributed by atoms with Gasteiger partial charge in [-0.15, -0.1) is 0 Å². The highest BCUT2D eigenvalue weighted by molar-refractivity contribution is 7.89. The average Bonchev–Trinajstić information content (AvgIpc) is 2.62. The second kappa shape index (κ2) is 9.18. The lowest BCUT2D eigenvalue weighted by Crippen LogP contribution is -2.49. The third-order valence-corrected chi connectivity index (χ3v) is 6.18. The molecule has 1 fully saturated rings. The molecule has 0 aromatic heterocycles. The van der Waals surface area contributed by atoms with Crippen LogP contribution >= 0.6 is 0 Å². The van der Waals surface area contributed by atoms with E-state index in [-0.39, 0.29) is 23.8 Å². The number of sulfonamides is 1. The number of ether oxygens (including phenoxy) is 1. The average molecular weight is 398 g/mol. The van der Waals surface area contributed by atoms with Crippen molar-refractivity contribution < 1.29 is 27.9 Å². The van der Waals surface area contributed by atoms with Gasteiger partial charge >= 0.3 is 5.97 Å². The Morgan fingerprint density at radius 3 is 2.56 bits per heavy atom. The Morgan fingerprint density at radius 1 is 1.30 bits per heavy atom. The summed E-state index contributed by atoms with van der Waals surface area (Å²) >= 11 is 0. The van der Waals surface area contributed by atoms with Crippen LogP contribution < -0.4 is 9.46 Å². The summed E-state index contributed by atoms with van der Waals surface area (Å²) in [6.45, 7) is 4.50. The van der Waals surface area contributed by atoms with Gasteiger partial charge in [-0.05, 0) is 51.0 Å². The zero-order valence-corrected chi connectivity index (χ0v) is 16.4. The van der Waals surface area contributed by atoms with Crippen LogP contribution in [0.25, 0.3) is 0 Å². The van der Waals surface area contributed by atoms with E-state index < -0.39 is 28.0 Å². The van der Waals surface area contributed by atoms with Gasteiger partial charge in [-0.25, -0.2) is 13.1 Å². The Kier molecular flexibility index (Phi) is 7.20. The Bertz CT molecular complexity index is 763. The highest BCUT2D eigenvalue weighted by atomic mass is 32.2. The number of rotatable bonds is 8. The Morgan fingerprint density at radius 2 is 1.96 bits per heavy atom. The third-order valence-electron chi connectivity index (χ3n) is 4.70. The van der Waals surface area contributed by atoms with Gasteiger partial charge in [0.05, 0.1) is 17.4 Å². The van der Waals surface area contributed by atoms with Crippen molar-refractivity contribution in [1.82, 2.24) is 9.62 Å². The zero-order chi connectivity index (χ0) is 20.0. The van der Waals surface area contributed by atoms with E-state index in [1.54, 1.807) is 19.1 Å². The van der Waals surface area contributed by atoms with Crippen molar-refractivity contribution in [3.63, 3.8) is 0 Å². The fourth-order valence-corrected chi connectivity index (χ4v) is 4.26. The molecule has 1 aliphatic rings. The number of benzene rings is 1. The molecule has 1 amide bonds. The number of likely N-dealkylation sites (tertiary alicyclic amines) is 1. The van der Waals surface area contributed by atoms with Crippen molar-refractivity contribution in [2.75, 3.05) is 19.7 Å². The van der Waals surface area contributed by atoms with E-state index in [4.69, 9.17) is 4.74 Å². The maximum Gasteiger partial charge on any atom is 0.308 e. The molecule has 0 unspecified atom stereocenters. The number of carboxylic acid groups (broad SMARTS) is 1. The molecule has 1 aliphatic heterocycles. The lowest BCUT2D eigenvalue weighted by Gasteiger charge is -2.37. The highest BCUT2D eigenvalue weighted by Gasteiger charge is 2.35. The predicted molar refractivity (Wildman–Crippen MR) is 99.0 cm³/mol. The lowest BCUT2D eigenvalue weighted by molar-refractivity contribution is -0.149. The van der Waals surface area contributed by atoms with Crippen LogP contribution in [0.3, 0.4) is 0 Å². The van der Waals surface area contributed by atoms with Crippen molar-refractivity contribution in [2.45, 2.75) is 44.0 Å². The maximum atomic E-state index is 12.4. The standard InChI is InChI=1S/C18H26N2O6S/c1-3-26-14-6-8-15(9-7-14)27(24,25)19-11-10-17(21)20-12-4-5-16(13(20)2)18(22)23/h6-9,13,16,19H,3-5,10-12H2,1-2H3,(H,22,23)/t13-,16-/m0/s1. The van der Waals surface area contributed by atoms with E-state index in [0.717, 1.165) is 0 Å². The number of nitrogens with zero attached hydrogens (tertiary/aromatic N) is 1. The molecule has 1 heterocycles. The molecule has 1 aromatic rings. The fourth-order valence-electron chi connectivity index (χ4n) is 3.23. The molecule has 9 heteroatoms. The molecule has 2 atom stereocenters. The van der Waals surface area contributed by atoms with Gasteiger partial charge < -0.3 is 14.7 Å². The van der Waals surface area contributed by atoms with Gasteiger partial charge in [-0.3, -0.25) is 9.59 Å². The topological polar surface area (TPSA) is 113 Å². The number of hydrogen-bond donors (Lipinski definition) is 2. The van der Waals surface area contributed by atoms with Gasteiger partial charge in [0.25, 0.3) is 0 Å². The predicted octanol–water partition coefficient (Wildman–Crippen LogP) is 1.47. The maximum absolute atomic E-state index is 12.4. The zero-order valence-electron chi connectivity index (χ0n) is 15.6. The van der Waals surface area contributed by atoms with Crippen LogP contribution in [0.1, 0.15) is 33.1 Å². The number of carboxylic acids is 1. The van der Waals surface area contributed by atoms with E-state index in [0.29, 0.717) is 31.7 Å². The quantitative estimate of drug-likeness (QED) is 0.686. The van der Waals surface area contributed by atoms with Gasteiger partial charge in [-0.2, -0.15) is 0 Å². The van der Waals surface area contributed by atoms with E-state index >= 15 is 0 Å². The fraction of sp³-hybridized carbons (Fsp3) is 0.556. The van der Waals surface area contributed by atoms with Crippen molar-refractivity contribution in [3.05, 3.63) is 24.3 Å². The first kappa shape index (κ1) is 21.2. The molecular formula is C18H26N2O6S. The molecule has 27 heavy (non-hydrogen) atoms. The van der Waals surface area contributed by atoms with Crippen molar-refractivity contribution in [2.24, 2.45) is 5.92 Å². The second-order valence-electron chi connectivity index (χ2n) is 6.47. The van der Waals surface area contributed by atoms with Crippen LogP contribution in [0, 0.1) is 5.92 Å². The van der Waals surface area contributed by atoms with Gasteiger partial charge in [0.2, 0.25) is 15.9 Å². The van der Waals surface area contributed by atoms with Crippen molar-refractivity contribution >= 4 is 21.9 Å². The smallest absolute Gasteiger partial charge is 0.308 e. The van der Waals surface area contributed by atoms with Crippen LogP contribution in [0.15, 0.2) is 29.2 Å². The van der Waals surface area contributed by atoms with Crippen LogP contribution in [0.5, 0.6) is 5.75 Å². The molecule has 2 N–H and O–H groups in total. The highest BCUT2D eigenvalue weighted by Crippen LogP contribution is 2.24. The SMILES string of the molecule is CCOc1ccc(S(=O)(=O)NCCC(=O)N2CCC[C@H](C(=O)O)[C@@H]2C)cc1. The third kappa shape index (κ3) is 5.43. The van der Waals surface area contributed by atoms with Crippen molar-refractivity contribution in [1.29, 1.82) is 0 Å². The monoisotopic (exact) mass is 398 g/mol. The molecule has 0 spiro atoms. The lowest BCUT2D eigenvalue weighted by atomic mass is 9.90. The summed E-state index contributed by atoms with van der Waals surface area (Å²) in [4.78, 5) is 25.3. The number of carbonyl (C=O) groups excluding carboxylic acids is 1.